The number of carbonyl (C=O) groups excluding carboxylic acids is 1. The number of aliphatic carboxylic acids is 1. The lowest BCUT2D eigenvalue weighted by atomic mass is 9.73. The zero-order valence-corrected chi connectivity index (χ0v) is 13.3. The van der Waals surface area contributed by atoms with Crippen LogP contribution in [0, 0.1) is 11.3 Å². The molecule has 0 bridgehead atoms. The van der Waals surface area contributed by atoms with Crippen molar-refractivity contribution in [1.82, 2.24) is 4.90 Å². The van der Waals surface area contributed by atoms with Gasteiger partial charge in [-0.15, -0.1) is 0 Å². The summed E-state index contributed by atoms with van der Waals surface area (Å²) in [6.45, 7) is 7.22. The predicted octanol–water partition coefficient (Wildman–Crippen LogP) is 2.66. The fourth-order valence-corrected chi connectivity index (χ4v) is 2.80. The number of ether oxygens (including phenoxy) is 1. The van der Waals surface area contributed by atoms with E-state index in [1.807, 2.05) is 20.8 Å². The van der Waals surface area contributed by atoms with Gasteiger partial charge in [-0.1, -0.05) is 13.8 Å². The molecule has 1 amide bonds. The smallest absolute Gasteiger partial charge is 0.308 e. The molecule has 1 unspecified atom stereocenters. The summed E-state index contributed by atoms with van der Waals surface area (Å²) in [4.78, 5) is 25.6. The Kier molecular flexibility index (Phi) is 4.74. The summed E-state index contributed by atoms with van der Waals surface area (Å²) in [5.41, 5.74) is 0.272. The lowest BCUT2D eigenvalue weighted by molar-refractivity contribution is -0.148. The van der Waals surface area contributed by atoms with E-state index in [0.717, 1.165) is 5.75 Å². The molecule has 1 N–H and O–H groups in total. The van der Waals surface area contributed by atoms with Gasteiger partial charge in [0, 0.05) is 18.7 Å². The van der Waals surface area contributed by atoms with Crippen molar-refractivity contribution in [2.24, 2.45) is 11.3 Å². The molecule has 5 nitrogen and oxygen atoms in total. The molecule has 2 rings (SSSR count). The molecule has 1 aromatic carbocycles. The number of rotatable bonds is 4. The van der Waals surface area contributed by atoms with Crippen molar-refractivity contribution < 1.29 is 19.4 Å². The van der Waals surface area contributed by atoms with Gasteiger partial charge >= 0.3 is 5.97 Å². The first-order valence-electron chi connectivity index (χ1n) is 7.60. The Morgan fingerprint density at radius 1 is 1.32 bits per heavy atom. The van der Waals surface area contributed by atoms with Gasteiger partial charge in [-0.3, -0.25) is 9.59 Å². The van der Waals surface area contributed by atoms with Crippen LogP contribution in [0.2, 0.25) is 0 Å². The highest BCUT2D eigenvalue weighted by Gasteiger charge is 2.41. The van der Waals surface area contributed by atoms with Crippen LogP contribution in [0.1, 0.15) is 37.6 Å². The summed E-state index contributed by atoms with van der Waals surface area (Å²) in [7, 11) is 0. The first-order chi connectivity index (χ1) is 10.3. The maximum atomic E-state index is 12.5. The minimum atomic E-state index is -0.839. The van der Waals surface area contributed by atoms with Gasteiger partial charge in [0.25, 0.3) is 5.91 Å². The summed E-state index contributed by atoms with van der Waals surface area (Å²) >= 11 is 0. The summed E-state index contributed by atoms with van der Waals surface area (Å²) in [5, 5.41) is 9.38. The molecule has 5 heteroatoms. The monoisotopic (exact) mass is 305 g/mol. The number of carbonyl (C=O) groups is 2. The van der Waals surface area contributed by atoms with Crippen molar-refractivity contribution in [2.45, 2.75) is 27.2 Å². The van der Waals surface area contributed by atoms with E-state index in [-0.39, 0.29) is 17.9 Å². The highest BCUT2D eigenvalue weighted by molar-refractivity contribution is 5.94. The molecule has 1 fully saturated rings. The van der Waals surface area contributed by atoms with Crippen LogP contribution >= 0.6 is 0 Å². The van der Waals surface area contributed by atoms with Crippen LogP contribution in [-0.4, -0.2) is 41.6 Å². The van der Waals surface area contributed by atoms with Crippen molar-refractivity contribution in [3.8, 4) is 5.75 Å². The molecular weight excluding hydrogens is 282 g/mol. The van der Waals surface area contributed by atoms with E-state index >= 15 is 0 Å². The van der Waals surface area contributed by atoms with Gasteiger partial charge < -0.3 is 14.7 Å². The minimum Gasteiger partial charge on any atom is -0.494 e. The van der Waals surface area contributed by atoms with E-state index in [1.165, 1.54) is 0 Å². The number of nitrogens with zero attached hydrogens (tertiary/aromatic N) is 1. The number of amides is 1. The lowest BCUT2D eigenvalue weighted by Crippen LogP contribution is -2.50. The zero-order valence-electron chi connectivity index (χ0n) is 13.3. The standard InChI is InChI=1S/C17H23NO4/c1-4-22-13-7-5-12(6-8-13)15(19)18-10-9-17(2,3)14(11-18)16(20)21/h5-8,14H,4,9-11H2,1-3H3,(H,20,21). The Morgan fingerprint density at radius 2 is 1.95 bits per heavy atom. The molecule has 0 aliphatic carbocycles. The van der Waals surface area contributed by atoms with E-state index in [0.29, 0.717) is 25.1 Å². The van der Waals surface area contributed by atoms with Crippen LogP contribution in [0.25, 0.3) is 0 Å². The normalized spacial score (nSPS) is 20.5. The highest BCUT2D eigenvalue weighted by Crippen LogP contribution is 2.36. The van der Waals surface area contributed by atoms with Gasteiger partial charge in [0.1, 0.15) is 5.75 Å². The Balaban J connectivity index is 2.11. The summed E-state index contributed by atoms with van der Waals surface area (Å²) in [5.74, 6) is -0.769. The molecule has 1 aromatic rings. The number of hydrogen-bond acceptors (Lipinski definition) is 3. The van der Waals surface area contributed by atoms with Crippen molar-refractivity contribution in [3.63, 3.8) is 0 Å². The Hall–Kier alpha value is -2.04. The first-order valence-corrected chi connectivity index (χ1v) is 7.60. The van der Waals surface area contributed by atoms with Gasteiger partial charge in [0.2, 0.25) is 0 Å². The molecule has 1 aliphatic heterocycles. The van der Waals surface area contributed by atoms with Crippen molar-refractivity contribution in [2.75, 3.05) is 19.7 Å². The molecule has 0 aromatic heterocycles. The van der Waals surface area contributed by atoms with E-state index in [1.54, 1.807) is 29.2 Å². The maximum Gasteiger partial charge on any atom is 0.308 e. The summed E-state index contributed by atoms with van der Waals surface area (Å²) in [6.07, 6.45) is 0.687. The third kappa shape index (κ3) is 3.40. The zero-order chi connectivity index (χ0) is 16.3. The Morgan fingerprint density at radius 3 is 2.50 bits per heavy atom. The largest absolute Gasteiger partial charge is 0.494 e. The Labute approximate surface area is 130 Å². The third-order valence-electron chi connectivity index (χ3n) is 4.37. The molecule has 0 spiro atoms. The average Bonchev–Trinajstić information content (AvgIpc) is 2.47. The van der Waals surface area contributed by atoms with Crippen LogP contribution < -0.4 is 4.74 Å². The SMILES string of the molecule is CCOc1ccc(C(=O)N2CCC(C)(C)C(C(=O)O)C2)cc1. The van der Waals surface area contributed by atoms with Crippen LogP contribution in [0.15, 0.2) is 24.3 Å². The van der Waals surface area contributed by atoms with Gasteiger partial charge in [-0.25, -0.2) is 0 Å². The second-order valence-corrected chi connectivity index (χ2v) is 6.34. The van der Waals surface area contributed by atoms with Crippen LogP contribution in [0.5, 0.6) is 5.75 Å². The van der Waals surface area contributed by atoms with Crippen LogP contribution in [0.3, 0.4) is 0 Å². The molecule has 0 saturated carbocycles. The number of likely N-dealkylation sites (tertiary alicyclic amines) is 1. The average molecular weight is 305 g/mol. The second kappa shape index (κ2) is 6.38. The first kappa shape index (κ1) is 16.3. The number of carboxylic acids is 1. The van der Waals surface area contributed by atoms with E-state index in [2.05, 4.69) is 0 Å². The lowest BCUT2D eigenvalue weighted by Gasteiger charge is -2.41. The second-order valence-electron chi connectivity index (χ2n) is 6.34. The Bertz CT molecular complexity index is 550. The molecule has 1 atom stereocenters. The highest BCUT2D eigenvalue weighted by atomic mass is 16.5. The topological polar surface area (TPSA) is 66.8 Å². The molecule has 22 heavy (non-hydrogen) atoms. The predicted molar refractivity (Wildman–Crippen MR) is 83.0 cm³/mol. The van der Waals surface area contributed by atoms with Gasteiger partial charge in [0.05, 0.1) is 12.5 Å². The summed E-state index contributed by atoms with van der Waals surface area (Å²) < 4.78 is 5.36. The van der Waals surface area contributed by atoms with Gasteiger partial charge in [-0.05, 0) is 43.0 Å². The quantitative estimate of drug-likeness (QED) is 0.928. The van der Waals surface area contributed by atoms with Crippen molar-refractivity contribution in [1.29, 1.82) is 0 Å². The van der Waals surface area contributed by atoms with E-state index in [9.17, 15) is 14.7 Å². The summed E-state index contributed by atoms with van der Waals surface area (Å²) in [6, 6.07) is 6.98. The third-order valence-corrected chi connectivity index (χ3v) is 4.37. The number of benzene rings is 1. The number of hydrogen-bond donors (Lipinski definition) is 1. The molecular formula is C17H23NO4. The molecule has 120 valence electrons. The fourth-order valence-electron chi connectivity index (χ4n) is 2.80. The number of carboxylic acid groups (broad SMARTS) is 1. The van der Waals surface area contributed by atoms with Gasteiger partial charge in [0.15, 0.2) is 0 Å². The molecule has 1 saturated heterocycles. The van der Waals surface area contributed by atoms with E-state index in [4.69, 9.17) is 4.74 Å². The van der Waals surface area contributed by atoms with Gasteiger partial charge in [-0.2, -0.15) is 0 Å². The van der Waals surface area contributed by atoms with Crippen molar-refractivity contribution >= 4 is 11.9 Å². The number of piperidine rings is 1. The van der Waals surface area contributed by atoms with E-state index < -0.39 is 11.9 Å². The molecule has 0 radical (unpaired) electrons. The maximum absolute atomic E-state index is 12.5. The van der Waals surface area contributed by atoms with Crippen LogP contribution in [-0.2, 0) is 4.79 Å². The van der Waals surface area contributed by atoms with Crippen molar-refractivity contribution in [3.05, 3.63) is 29.8 Å². The van der Waals surface area contributed by atoms with Crippen LogP contribution in [0.4, 0.5) is 0 Å². The fraction of sp³-hybridized carbons (Fsp3) is 0.529. The molecule has 1 heterocycles. The molecule has 1 aliphatic rings. The minimum absolute atomic E-state index is 0.121.